The molecule has 140 valence electrons. The van der Waals surface area contributed by atoms with E-state index in [1.165, 1.54) is 0 Å². The topological polar surface area (TPSA) is 79.8 Å². The van der Waals surface area contributed by atoms with Gasteiger partial charge in [-0.05, 0) is 44.5 Å². The molecule has 2 aromatic rings. The van der Waals surface area contributed by atoms with Crippen LogP contribution >= 0.6 is 0 Å². The van der Waals surface area contributed by atoms with Crippen LogP contribution in [0.5, 0.6) is 0 Å². The number of rotatable bonds is 4. The minimum atomic E-state index is -0.335. The van der Waals surface area contributed by atoms with Gasteiger partial charge in [-0.15, -0.1) is 0 Å². The van der Waals surface area contributed by atoms with E-state index in [0.717, 1.165) is 5.56 Å². The molecule has 6 nitrogen and oxygen atoms in total. The van der Waals surface area contributed by atoms with E-state index in [1.807, 2.05) is 51.1 Å². The summed E-state index contributed by atoms with van der Waals surface area (Å²) in [6.07, 6.45) is 0.149. The van der Waals surface area contributed by atoms with Gasteiger partial charge < -0.3 is 15.5 Å². The standard InChI is InChI=1S/C21H23N3O3/c1-21(2,3)23-19(25)15-10-7-11-16(12-15)22-20(26)17-13-18(27-24-17)14-8-5-4-6-9-14/h4-12,18H,13H2,1-3H3,(H,22,26)(H,23,25). The van der Waals surface area contributed by atoms with E-state index in [1.54, 1.807) is 24.3 Å². The first-order valence-electron chi connectivity index (χ1n) is 8.83. The number of hydrogen-bond donors (Lipinski definition) is 2. The van der Waals surface area contributed by atoms with Crippen molar-refractivity contribution in [1.29, 1.82) is 0 Å². The Labute approximate surface area is 158 Å². The second kappa shape index (κ2) is 7.61. The van der Waals surface area contributed by atoms with Crippen LogP contribution in [0.1, 0.15) is 49.2 Å². The molecule has 0 radical (unpaired) electrons. The molecule has 0 aliphatic carbocycles. The number of carbonyl (C=O) groups is 2. The molecule has 1 atom stereocenters. The highest BCUT2D eigenvalue weighted by atomic mass is 16.6. The van der Waals surface area contributed by atoms with Gasteiger partial charge in [0, 0.05) is 23.2 Å². The van der Waals surface area contributed by atoms with E-state index in [2.05, 4.69) is 15.8 Å². The van der Waals surface area contributed by atoms with E-state index in [-0.39, 0.29) is 23.5 Å². The van der Waals surface area contributed by atoms with Crippen molar-refractivity contribution in [2.75, 3.05) is 5.32 Å². The maximum Gasteiger partial charge on any atom is 0.273 e. The summed E-state index contributed by atoms with van der Waals surface area (Å²) in [5.74, 6) is -0.522. The van der Waals surface area contributed by atoms with Gasteiger partial charge >= 0.3 is 0 Å². The van der Waals surface area contributed by atoms with Crippen molar-refractivity contribution in [3.63, 3.8) is 0 Å². The Morgan fingerprint density at radius 2 is 1.78 bits per heavy atom. The SMILES string of the molecule is CC(C)(C)NC(=O)c1cccc(NC(=O)C2=NOC(c3ccccc3)C2)c1. The Morgan fingerprint density at radius 1 is 1.04 bits per heavy atom. The van der Waals surface area contributed by atoms with Crippen molar-refractivity contribution >= 4 is 23.2 Å². The molecule has 1 aliphatic rings. The molecule has 2 amide bonds. The lowest BCUT2D eigenvalue weighted by molar-refractivity contribution is -0.110. The summed E-state index contributed by atoms with van der Waals surface area (Å²) in [5, 5.41) is 9.60. The highest BCUT2D eigenvalue weighted by Gasteiger charge is 2.27. The maximum absolute atomic E-state index is 12.5. The fourth-order valence-corrected chi connectivity index (χ4v) is 2.71. The van der Waals surface area contributed by atoms with Crippen molar-refractivity contribution in [3.05, 3.63) is 65.7 Å². The summed E-state index contributed by atoms with van der Waals surface area (Å²) < 4.78 is 0. The predicted octanol–water partition coefficient (Wildman–Crippen LogP) is 3.67. The number of oxime groups is 1. The Hall–Kier alpha value is -3.15. The Balaban J connectivity index is 1.63. The first kappa shape index (κ1) is 18.6. The highest BCUT2D eigenvalue weighted by Crippen LogP contribution is 2.27. The van der Waals surface area contributed by atoms with Gasteiger partial charge in [0.1, 0.15) is 5.71 Å². The summed E-state index contributed by atoms with van der Waals surface area (Å²) in [7, 11) is 0. The smallest absolute Gasteiger partial charge is 0.273 e. The summed E-state index contributed by atoms with van der Waals surface area (Å²) in [6, 6.07) is 16.5. The lowest BCUT2D eigenvalue weighted by atomic mass is 10.0. The van der Waals surface area contributed by atoms with E-state index < -0.39 is 0 Å². The predicted molar refractivity (Wildman–Crippen MR) is 105 cm³/mol. The van der Waals surface area contributed by atoms with Crippen LogP contribution in [0.2, 0.25) is 0 Å². The van der Waals surface area contributed by atoms with E-state index in [9.17, 15) is 9.59 Å². The van der Waals surface area contributed by atoms with Gasteiger partial charge in [-0.25, -0.2) is 0 Å². The molecule has 27 heavy (non-hydrogen) atoms. The number of carbonyl (C=O) groups excluding carboxylic acids is 2. The van der Waals surface area contributed by atoms with Crippen molar-refractivity contribution < 1.29 is 14.4 Å². The van der Waals surface area contributed by atoms with Crippen LogP contribution in [0.4, 0.5) is 5.69 Å². The summed E-state index contributed by atoms with van der Waals surface area (Å²) in [6.45, 7) is 5.74. The van der Waals surface area contributed by atoms with Crippen LogP contribution in [-0.4, -0.2) is 23.1 Å². The largest absolute Gasteiger partial charge is 0.387 e. The molecule has 1 heterocycles. The Morgan fingerprint density at radius 3 is 2.48 bits per heavy atom. The fourth-order valence-electron chi connectivity index (χ4n) is 2.71. The average Bonchev–Trinajstić information content (AvgIpc) is 3.11. The highest BCUT2D eigenvalue weighted by molar-refractivity contribution is 6.43. The molecule has 0 spiro atoms. The molecule has 0 fully saturated rings. The van der Waals surface area contributed by atoms with Crippen LogP contribution in [0, 0.1) is 0 Å². The number of anilines is 1. The van der Waals surface area contributed by atoms with Gasteiger partial charge in [0.2, 0.25) is 0 Å². The van der Waals surface area contributed by atoms with Gasteiger partial charge in [-0.2, -0.15) is 0 Å². The van der Waals surface area contributed by atoms with Crippen molar-refractivity contribution in [1.82, 2.24) is 5.32 Å². The average molecular weight is 365 g/mol. The Kier molecular flexibility index (Phi) is 5.26. The molecule has 2 aromatic carbocycles. The van der Waals surface area contributed by atoms with Gasteiger partial charge in [0.15, 0.2) is 6.10 Å². The monoisotopic (exact) mass is 365 g/mol. The third-order valence-electron chi connectivity index (χ3n) is 3.97. The van der Waals surface area contributed by atoms with E-state index in [4.69, 9.17) is 4.84 Å². The zero-order chi connectivity index (χ0) is 19.4. The molecule has 0 aromatic heterocycles. The van der Waals surface area contributed by atoms with Gasteiger partial charge in [-0.1, -0.05) is 41.6 Å². The number of amides is 2. The van der Waals surface area contributed by atoms with Gasteiger partial charge in [0.05, 0.1) is 0 Å². The van der Waals surface area contributed by atoms with Gasteiger partial charge in [0.25, 0.3) is 11.8 Å². The lowest BCUT2D eigenvalue weighted by Crippen LogP contribution is -2.40. The van der Waals surface area contributed by atoms with Gasteiger partial charge in [-0.3, -0.25) is 9.59 Å². The summed E-state index contributed by atoms with van der Waals surface area (Å²) in [4.78, 5) is 30.2. The van der Waals surface area contributed by atoms with Crippen molar-refractivity contribution in [2.45, 2.75) is 38.8 Å². The minimum Gasteiger partial charge on any atom is -0.387 e. The second-order valence-corrected chi connectivity index (χ2v) is 7.49. The van der Waals surface area contributed by atoms with Crippen LogP contribution in [-0.2, 0) is 9.63 Å². The quantitative estimate of drug-likeness (QED) is 0.867. The number of benzene rings is 2. The Bertz CT molecular complexity index is 870. The molecule has 1 aliphatic heterocycles. The van der Waals surface area contributed by atoms with Crippen LogP contribution < -0.4 is 10.6 Å². The normalized spacial score (nSPS) is 16.3. The first-order valence-corrected chi connectivity index (χ1v) is 8.83. The molecular formula is C21H23N3O3. The lowest BCUT2D eigenvalue weighted by Gasteiger charge is -2.20. The molecule has 0 saturated carbocycles. The molecule has 3 rings (SSSR count). The summed E-state index contributed by atoms with van der Waals surface area (Å²) >= 11 is 0. The minimum absolute atomic E-state index is 0.190. The molecular weight excluding hydrogens is 342 g/mol. The fraction of sp³-hybridized carbons (Fsp3) is 0.286. The third-order valence-corrected chi connectivity index (χ3v) is 3.97. The number of nitrogens with zero attached hydrogens (tertiary/aromatic N) is 1. The zero-order valence-corrected chi connectivity index (χ0v) is 15.7. The van der Waals surface area contributed by atoms with E-state index >= 15 is 0 Å². The molecule has 6 heteroatoms. The third kappa shape index (κ3) is 4.94. The first-order chi connectivity index (χ1) is 12.8. The zero-order valence-electron chi connectivity index (χ0n) is 15.7. The molecule has 0 saturated heterocycles. The van der Waals surface area contributed by atoms with Crippen LogP contribution in [0.25, 0.3) is 0 Å². The summed E-state index contributed by atoms with van der Waals surface area (Å²) in [5.41, 5.74) is 1.99. The molecule has 1 unspecified atom stereocenters. The van der Waals surface area contributed by atoms with Crippen molar-refractivity contribution in [3.8, 4) is 0 Å². The maximum atomic E-state index is 12.5. The molecule has 2 N–H and O–H groups in total. The van der Waals surface area contributed by atoms with E-state index in [0.29, 0.717) is 23.4 Å². The molecule has 0 bridgehead atoms. The second-order valence-electron chi connectivity index (χ2n) is 7.49. The number of hydrogen-bond acceptors (Lipinski definition) is 4. The van der Waals surface area contributed by atoms with Crippen LogP contribution in [0.3, 0.4) is 0 Å². The number of nitrogens with one attached hydrogen (secondary N) is 2. The van der Waals surface area contributed by atoms with Crippen LogP contribution in [0.15, 0.2) is 59.8 Å². The van der Waals surface area contributed by atoms with Crippen molar-refractivity contribution in [2.24, 2.45) is 5.16 Å².